The topological polar surface area (TPSA) is 84.7 Å². The van der Waals surface area contributed by atoms with E-state index in [0.29, 0.717) is 17.1 Å². The van der Waals surface area contributed by atoms with Gasteiger partial charge in [0.2, 0.25) is 5.91 Å². The van der Waals surface area contributed by atoms with E-state index < -0.39 is 12.5 Å². The summed E-state index contributed by atoms with van der Waals surface area (Å²) < 4.78 is 28.7. The van der Waals surface area contributed by atoms with E-state index in [4.69, 9.17) is 5.73 Å². The van der Waals surface area contributed by atoms with E-state index in [1.165, 1.54) is 23.5 Å². The Bertz CT molecular complexity index is 868. The summed E-state index contributed by atoms with van der Waals surface area (Å²) in [5, 5.41) is 3.32. The van der Waals surface area contributed by atoms with Crippen LogP contribution >= 0.6 is 11.3 Å². The number of carbonyl (C=O) groups excluding carboxylic acids is 2. The molecule has 0 aliphatic heterocycles. The molecule has 0 bridgehead atoms. The summed E-state index contributed by atoms with van der Waals surface area (Å²) in [5.74, 6) is -0.680. The number of alkyl halides is 2. The van der Waals surface area contributed by atoms with Crippen molar-refractivity contribution < 1.29 is 23.1 Å². The van der Waals surface area contributed by atoms with Crippen molar-refractivity contribution in [3.63, 3.8) is 0 Å². The summed E-state index contributed by atoms with van der Waals surface area (Å²) in [7, 11) is 1.77. The van der Waals surface area contributed by atoms with Gasteiger partial charge in [-0.2, -0.15) is 8.78 Å². The van der Waals surface area contributed by atoms with Crippen molar-refractivity contribution in [3.05, 3.63) is 45.8 Å². The van der Waals surface area contributed by atoms with Gasteiger partial charge >= 0.3 is 6.61 Å². The average Bonchev–Trinajstić information content (AvgIpc) is 3.16. The molecule has 28 heavy (non-hydrogen) atoms. The van der Waals surface area contributed by atoms with Gasteiger partial charge in [0.25, 0.3) is 5.91 Å². The Morgan fingerprint density at radius 3 is 2.64 bits per heavy atom. The minimum atomic E-state index is -2.86. The Labute approximate surface area is 165 Å². The van der Waals surface area contributed by atoms with Crippen LogP contribution in [-0.2, 0) is 24.2 Å². The molecule has 0 atom stereocenters. The Kier molecular flexibility index (Phi) is 6.25. The zero-order valence-electron chi connectivity index (χ0n) is 15.3. The summed E-state index contributed by atoms with van der Waals surface area (Å²) in [6.07, 6.45) is 2.71. The van der Waals surface area contributed by atoms with Gasteiger partial charge in [-0.05, 0) is 49.6 Å². The van der Waals surface area contributed by atoms with Crippen molar-refractivity contribution in [1.82, 2.24) is 4.90 Å². The molecule has 1 heterocycles. The second-order valence-corrected chi connectivity index (χ2v) is 7.77. The molecule has 0 saturated heterocycles. The van der Waals surface area contributed by atoms with Crippen molar-refractivity contribution in [1.29, 1.82) is 0 Å². The lowest BCUT2D eigenvalue weighted by atomic mass is 10.1. The molecule has 3 N–H and O–H groups in total. The third kappa shape index (κ3) is 4.85. The van der Waals surface area contributed by atoms with Crippen LogP contribution in [0.1, 0.15) is 32.8 Å². The Morgan fingerprint density at radius 2 is 2.00 bits per heavy atom. The standard InChI is InChI=1S/C19H21F2N3O3S/c1-24(9-11-5-7-12(8-6-11)27-19(20)21)10-15(25)23-18-16(17(22)26)13-3-2-4-14(13)28-18/h5-8,19H,2-4,9-10H2,1H3,(H2,22,26)(H,23,25). The van der Waals surface area contributed by atoms with Gasteiger partial charge in [0, 0.05) is 11.4 Å². The second kappa shape index (κ2) is 8.66. The first kappa shape index (κ1) is 20.2. The van der Waals surface area contributed by atoms with Crippen LogP contribution in [0.15, 0.2) is 24.3 Å². The quantitative estimate of drug-likeness (QED) is 0.702. The number of benzene rings is 1. The average molecular weight is 409 g/mol. The monoisotopic (exact) mass is 409 g/mol. The van der Waals surface area contributed by atoms with Crippen LogP contribution in [0.2, 0.25) is 0 Å². The first-order valence-electron chi connectivity index (χ1n) is 8.80. The van der Waals surface area contributed by atoms with Gasteiger partial charge in [0.05, 0.1) is 12.1 Å². The largest absolute Gasteiger partial charge is 0.435 e. The molecule has 150 valence electrons. The van der Waals surface area contributed by atoms with Gasteiger partial charge in [-0.25, -0.2) is 0 Å². The van der Waals surface area contributed by atoms with Crippen molar-refractivity contribution in [2.45, 2.75) is 32.4 Å². The molecule has 2 amide bonds. The van der Waals surface area contributed by atoms with E-state index in [-0.39, 0.29) is 18.2 Å². The number of primary amides is 1. The number of rotatable bonds is 8. The summed E-state index contributed by atoms with van der Waals surface area (Å²) >= 11 is 1.42. The number of nitrogens with one attached hydrogen (secondary N) is 1. The zero-order valence-corrected chi connectivity index (χ0v) is 16.2. The molecule has 1 aromatic heterocycles. The molecule has 0 saturated carbocycles. The number of amides is 2. The van der Waals surface area contributed by atoms with Crippen molar-refractivity contribution >= 4 is 28.2 Å². The highest BCUT2D eigenvalue weighted by molar-refractivity contribution is 7.17. The fourth-order valence-corrected chi connectivity index (χ4v) is 4.62. The van der Waals surface area contributed by atoms with Gasteiger partial charge in [0.15, 0.2) is 0 Å². The number of likely N-dealkylation sites (N-methyl/N-ethyl adjacent to an activating group) is 1. The fraction of sp³-hybridized carbons (Fsp3) is 0.368. The van der Waals surface area contributed by atoms with Crippen molar-refractivity contribution in [2.24, 2.45) is 5.73 Å². The van der Waals surface area contributed by atoms with Gasteiger partial charge in [-0.15, -0.1) is 11.3 Å². The van der Waals surface area contributed by atoms with E-state index in [9.17, 15) is 18.4 Å². The Morgan fingerprint density at radius 1 is 1.29 bits per heavy atom. The van der Waals surface area contributed by atoms with Crippen LogP contribution in [0, 0.1) is 0 Å². The van der Waals surface area contributed by atoms with Gasteiger partial charge in [-0.1, -0.05) is 12.1 Å². The van der Waals surface area contributed by atoms with Crippen LogP contribution in [-0.4, -0.2) is 36.9 Å². The molecule has 1 aromatic carbocycles. The van der Waals surface area contributed by atoms with E-state index in [2.05, 4.69) is 10.1 Å². The lowest BCUT2D eigenvalue weighted by Gasteiger charge is -2.16. The van der Waals surface area contributed by atoms with Crippen LogP contribution in [0.4, 0.5) is 13.8 Å². The van der Waals surface area contributed by atoms with E-state index in [1.54, 1.807) is 24.1 Å². The molecule has 1 aliphatic rings. The summed E-state index contributed by atoms with van der Waals surface area (Å²) in [6.45, 7) is -2.30. The third-order valence-corrected chi connectivity index (χ3v) is 5.64. The van der Waals surface area contributed by atoms with Crippen LogP contribution in [0.3, 0.4) is 0 Å². The number of hydrogen-bond donors (Lipinski definition) is 2. The van der Waals surface area contributed by atoms with E-state index >= 15 is 0 Å². The number of anilines is 1. The highest BCUT2D eigenvalue weighted by atomic mass is 32.1. The number of thiophene rings is 1. The maximum atomic E-state index is 12.4. The Balaban J connectivity index is 1.57. The summed E-state index contributed by atoms with van der Waals surface area (Å²) in [5.41, 5.74) is 7.75. The molecular weight excluding hydrogens is 388 g/mol. The number of aryl methyl sites for hydroxylation is 1. The SMILES string of the molecule is CN(CC(=O)Nc1sc2c(c1C(N)=O)CCC2)Cc1ccc(OC(F)F)cc1. The summed E-state index contributed by atoms with van der Waals surface area (Å²) in [4.78, 5) is 27.1. The first-order chi connectivity index (χ1) is 13.3. The maximum Gasteiger partial charge on any atom is 0.387 e. The lowest BCUT2D eigenvalue weighted by Crippen LogP contribution is -2.30. The molecule has 0 radical (unpaired) electrons. The van der Waals surface area contributed by atoms with Crippen LogP contribution < -0.4 is 15.8 Å². The fourth-order valence-electron chi connectivity index (χ4n) is 3.31. The molecule has 6 nitrogen and oxygen atoms in total. The van der Waals surface area contributed by atoms with Gasteiger partial charge in [-0.3, -0.25) is 14.5 Å². The molecule has 3 rings (SSSR count). The minimum absolute atomic E-state index is 0.0869. The number of nitrogens with zero attached hydrogens (tertiary/aromatic N) is 1. The molecule has 2 aromatic rings. The molecule has 0 spiro atoms. The molecular formula is C19H21F2N3O3S. The zero-order chi connectivity index (χ0) is 20.3. The molecule has 0 unspecified atom stereocenters. The highest BCUT2D eigenvalue weighted by Gasteiger charge is 2.26. The van der Waals surface area contributed by atoms with Crippen LogP contribution in [0.25, 0.3) is 0 Å². The van der Waals surface area contributed by atoms with Gasteiger partial charge in [0.1, 0.15) is 10.8 Å². The number of nitrogens with two attached hydrogens (primary N) is 1. The van der Waals surface area contributed by atoms with Crippen LogP contribution in [0.5, 0.6) is 5.75 Å². The normalized spacial score (nSPS) is 13.0. The third-order valence-electron chi connectivity index (χ3n) is 4.44. The molecule has 1 aliphatic carbocycles. The number of carbonyl (C=O) groups is 2. The predicted molar refractivity (Wildman–Crippen MR) is 103 cm³/mol. The Hall–Kier alpha value is -2.52. The maximum absolute atomic E-state index is 12.4. The lowest BCUT2D eigenvalue weighted by molar-refractivity contribution is -0.117. The second-order valence-electron chi connectivity index (χ2n) is 6.67. The number of fused-ring (bicyclic) bond motifs is 1. The summed E-state index contributed by atoms with van der Waals surface area (Å²) in [6, 6.07) is 6.26. The smallest absolute Gasteiger partial charge is 0.387 e. The van der Waals surface area contributed by atoms with Gasteiger partial charge < -0.3 is 15.8 Å². The number of hydrogen-bond acceptors (Lipinski definition) is 5. The molecule has 0 fully saturated rings. The minimum Gasteiger partial charge on any atom is -0.435 e. The number of ether oxygens (including phenoxy) is 1. The highest BCUT2D eigenvalue weighted by Crippen LogP contribution is 2.38. The first-order valence-corrected chi connectivity index (χ1v) is 9.61. The molecule has 9 heteroatoms. The van der Waals surface area contributed by atoms with E-state index in [1.807, 2.05) is 0 Å². The van der Waals surface area contributed by atoms with E-state index in [0.717, 1.165) is 35.3 Å². The number of halogens is 2. The van der Waals surface area contributed by atoms with Crippen molar-refractivity contribution in [2.75, 3.05) is 18.9 Å². The predicted octanol–water partition coefficient (Wildman–Crippen LogP) is 3.01. The van der Waals surface area contributed by atoms with Crippen molar-refractivity contribution in [3.8, 4) is 5.75 Å².